The maximum atomic E-state index is 13.6. The number of rotatable bonds is 5. The zero-order chi connectivity index (χ0) is 17.6. The van der Waals surface area contributed by atoms with Crippen LogP contribution in [-0.4, -0.2) is 5.91 Å². The van der Waals surface area contributed by atoms with E-state index in [0.29, 0.717) is 12.4 Å². The molecule has 0 aliphatic rings. The molecule has 0 unspecified atom stereocenters. The lowest BCUT2D eigenvalue weighted by Gasteiger charge is -2.10. The second kappa shape index (κ2) is 7.57. The van der Waals surface area contributed by atoms with Crippen LogP contribution in [0.4, 0.5) is 14.5 Å². The molecule has 0 aliphatic heterocycles. The summed E-state index contributed by atoms with van der Waals surface area (Å²) < 4.78 is 32.9. The third kappa shape index (κ3) is 4.20. The molecular weight excluding hydrogens is 324 g/mol. The quantitative estimate of drug-likeness (QED) is 0.725. The SMILES string of the molecule is O=C(Nc1c(F)cccc1F)c1cccc(OCc2ccccc2)c1. The van der Waals surface area contributed by atoms with E-state index in [1.165, 1.54) is 12.1 Å². The van der Waals surface area contributed by atoms with E-state index in [9.17, 15) is 13.6 Å². The van der Waals surface area contributed by atoms with E-state index in [1.807, 2.05) is 30.3 Å². The second-order valence-corrected chi connectivity index (χ2v) is 5.35. The van der Waals surface area contributed by atoms with Gasteiger partial charge in [-0.3, -0.25) is 4.79 Å². The fourth-order valence-electron chi connectivity index (χ4n) is 2.27. The number of nitrogens with one attached hydrogen (secondary N) is 1. The zero-order valence-electron chi connectivity index (χ0n) is 13.2. The fourth-order valence-corrected chi connectivity index (χ4v) is 2.27. The summed E-state index contributed by atoms with van der Waals surface area (Å²) in [6.45, 7) is 0.355. The van der Waals surface area contributed by atoms with Crippen LogP contribution in [0.15, 0.2) is 72.8 Å². The minimum atomic E-state index is -0.829. The van der Waals surface area contributed by atoms with Gasteiger partial charge in [-0.15, -0.1) is 0 Å². The predicted octanol–water partition coefficient (Wildman–Crippen LogP) is 4.80. The minimum Gasteiger partial charge on any atom is -0.489 e. The van der Waals surface area contributed by atoms with E-state index in [4.69, 9.17) is 4.74 Å². The molecule has 0 saturated carbocycles. The number of para-hydroxylation sites is 1. The lowest BCUT2D eigenvalue weighted by atomic mass is 10.2. The van der Waals surface area contributed by atoms with Crippen molar-refractivity contribution in [3.63, 3.8) is 0 Å². The Bertz CT molecular complexity index is 862. The van der Waals surface area contributed by atoms with Crippen LogP contribution in [0, 0.1) is 11.6 Å². The van der Waals surface area contributed by atoms with E-state index < -0.39 is 23.2 Å². The van der Waals surface area contributed by atoms with E-state index >= 15 is 0 Å². The molecule has 1 amide bonds. The number of halogens is 2. The molecule has 0 fully saturated rings. The van der Waals surface area contributed by atoms with Crippen molar-refractivity contribution >= 4 is 11.6 Å². The number of amides is 1. The Morgan fingerprint density at radius 2 is 1.56 bits per heavy atom. The van der Waals surface area contributed by atoms with E-state index in [0.717, 1.165) is 17.7 Å². The summed E-state index contributed by atoms with van der Waals surface area (Å²) in [5.41, 5.74) is 0.766. The number of benzene rings is 3. The fraction of sp³-hybridized carbons (Fsp3) is 0.0500. The normalized spacial score (nSPS) is 10.3. The van der Waals surface area contributed by atoms with Crippen molar-refractivity contribution in [3.8, 4) is 5.75 Å². The molecule has 0 heterocycles. The largest absolute Gasteiger partial charge is 0.489 e. The molecule has 0 aromatic heterocycles. The lowest BCUT2D eigenvalue weighted by molar-refractivity contribution is 0.102. The highest BCUT2D eigenvalue weighted by atomic mass is 19.1. The van der Waals surface area contributed by atoms with Gasteiger partial charge in [0.1, 0.15) is 29.7 Å². The lowest BCUT2D eigenvalue weighted by Crippen LogP contribution is -2.14. The van der Waals surface area contributed by atoms with Gasteiger partial charge in [0.05, 0.1) is 0 Å². The molecule has 3 rings (SSSR count). The standard InChI is InChI=1S/C20H15F2NO2/c21-17-10-5-11-18(22)19(17)23-20(24)15-8-4-9-16(12-15)25-13-14-6-2-1-3-7-14/h1-12H,13H2,(H,23,24). The van der Waals surface area contributed by atoms with Gasteiger partial charge in [-0.05, 0) is 35.9 Å². The van der Waals surface area contributed by atoms with Crippen LogP contribution < -0.4 is 10.1 Å². The van der Waals surface area contributed by atoms with Crippen LogP contribution in [-0.2, 0) is 6.61 Å². The number of carbonyl (C=O) groups excluding carboxylic acids is 1. The Morgan fingerprint density at radius 1 is 0.880 bits per heavy atom. The van der Waals surface area contributed by atoms with Crippen LogP contribution in [0.2, 0.25) is 0 Å². The highest BCUT2D eigenvalue weighted by Gasteiger charge is 2.13. The summed E-state index contributed by atoms with van der Waals surface area (Å²) in [5.74, 6) is -1.78. The maximum Gasteiger partial charge on any atom is 0.255 e. The van der Waals surface area contributed by atoms with Gasteiger partial charge < -0.3 is 10.1 Å². The van der Waals surface area contributed by atoms with Crippen LogP contribution in [0.1, 0.15) is 15.9 Å². The number of hydrogen-bond acceptors (Lipinski definition) is 2. The van der Waals surface area contributed by atoms with Crippen LogP contribution in [0.3, 0.4) is 0 Å². The van der Waals surface area contributed by atoms with Crippen molar-refractivity contribution in [1.29, 1.82) is 0 Å². The molecule has 126 valence electrons. The van der Waals surface area contributed by atoms with E-state index in [1.54, 1.807) is 18.2 Å². The van der Waals surface area contributed by atoms with Gasteiger partial charge in [0.25, 0.3) is 5.91 Å². The second-order valence-electron chi connectivity index (χ2n) is 5.35. The summed E-state index contributed by atoms with van der Waals surface area (Å²) in [6.07, 6.45) is 0. The number of hydrogen-bond donors (Lipinski definition) is 1. The third-order valence-electron chi connectivity index (χ3n) is 3.55. The zero-order valence-corrected chi connectivity index (χ0v) is 13.2. The molecular formula is C20H15F2NO2. The Morgan fingerprint density at radius 3 is 2.28 bits per heavy atom. The summed E-state index contributed by atoms with van der Waals surface area (Å²) in [4.78, 5) is 12.2. The maximum absolute atomic E-state index is 13.6. The van der Waals surface area contributed by atoms with Crippen LogP contribution in [0.5, 0.6) is 5.75 Å². The molecule has 0 bridgehead atoms. The first-order valence-corrected chi connectivity index (χ1v) is 7.65. The molecule has 25 heavy (non-hydrogen) atoms. The smallest absolute Gasteiger partial charge is 0.255 e. The van der Waals surface area contributed by atoms with Crippen molar-refractivity contribution in [3.05, 3.63) is 95.6 Å². The number of anilines is 1. The molecule has 3 aromatic carbocycles. The van der Waals surface area contributed by atoms with Crippen molar-refractivity contribution in [2.75, 3.05) is 5.32 Å². The van der Waals surface area contributed by atoms with E-state index in [2.05, 4.69) is 5.32 Å². The molecule has 0 aliphatic carbocycles. The minimum absolute atomic E-state index is 0.244. The predicted molar refractivity (Wildman–Crippen MR) is 91.5 cm³/mol. The first-order valence-electron chi connectivity index (χ1n) is 7.65. The highest BCUT2D eigenvalue weighted by molar-refractivity contribution is 6.04. The van der Waals surface area contributed by atoms with Crippen LogP contribution in [0.25, 0.3) is 0 Å². The van der Waals surface area contributed by atoms with E-state index in [-0.39, 0.29) is 5.56 Å². The molecule has 0 radical (unpaired) electrons. The number of carbonyl (C=O) groups is 1. The van der Waals surface area contributed by atoms with Gasteiger partial charge in [-0.25, -0.2) is 8.78 Å². The van der Waals surface area contributed by atoms with Crippen molar-refractivity contribution in [1.82, 2.24) is 0 Å². The summed E-state index contributed by atoms with van der Waals surface area (Å²) >= 11 is 0. The average molecular weight is 339 g/mol. The molecule has 0 saturated heterocycles. The molecule has 3 aromatic rings. The average Bonchev–Trinajstić information content (AvgIpc) is 2.64. The molecule has 1 N–H and O–H groups in total. The molecule has 0 atom stereocenters. The monoisotopic (exact) mass is 339 g/mol. The van der Waals surface area contributed by atoms with Gasteiger partial charge >= 0.3 is 0 Å². The Balaban J connectivity index is 1.71. The number of ether oxygens (including phenoxy) is 1. The summed E-state index contributed by atoms with van der Waals surface area (Å²) in [6, 6.07) is 19.4. The molecule has 3 nitrogen and oxygen atoms in total. The first kappa shape index (κ1) is 16.6. The summed E-state index contributed by atoms with van der Waals surface area (Å²) in [5, 5.41) is 2.25. The summed E-state index contributed by atoms with van der Waals surface area (Å²) in [7, 11) is 0. The highest BCUT2D eigenvalue weighted by Crippen LogP contribution is 2.20. The van der Waals surface area contributed by atoms with Crippen molar-refractivity contribution < 1.29 is 18.3 Å². The topological polar surface area (TPSA) is 38.3 Å². The first-order chi connectivity index (χ1) is 12.1. The van der Waals surface area contributed by atoms with Crippen molar-refractivity contribution in [2.24, 2.45) is 0 Å². The molecule has 0 spiro atoms. The van der Waals surface area contributed by atoms with Crippen LogP contribution >= 0.6 is 0 Å². The Kier molecular flexibility index (Phi) is 5.04. The molecule has 5 heteroatoms. The van der Waals surface area contributed by atoms with Gasteiger partial charge in [0.2, 0.25) is 0 Å². The van der Waals surface area contributed by atoms with Gasteiger partial charge in [-0.1, -0.05) is 42.5 Å². The Hall–Kier alpha value is -3.21. The third-order valence-corrected chi connectivity index (χ3v) is 3.55. The van der Waals surface area contributed by atoms with Gasteiger partial charge in [-0.2, -0.15) is 0 Å². The van der Waals surface area contributed by atoms with Gasteiger partial charge in [0.15, 0.2) is 0 Å². The van der Waals surface area contributed by atoms with Crippen molar-refractivity contribution in [2.45, 2.75) is 6.61 Å². The Labute approximate surface area is 143 Å². The van der Waals surface area contributed by atoms with Gasteiger partial charge in [0, 0.05) is 5.56 Å².